The predicted molar refractivity (Wildman–Crippen MR) is 134 cm³/mol. The Morgan fingerprint density at radius 2 is 1.85 bits per heavy atom. The maximum atomic E-state index is 11.7. The zero-order chi connectivity index (χ0) is 24.0. The summed E-state index contributed by atoms with van der Waals surface area (Å²) in [6.45, 7) is 8.82. The Morgan fingerprint density at radius 3 is 2.56 bits per heavy atom. The third-order valence-electron chi connectivity index (χ3n) is 5.97. The molecule has 12 heteroatoms. The molecule has 0 atom stereocenters. The van der Waals surface area contributed by atoms with E-state index in [0.29, 0.717) is 60.1 Å². The van der Waals surface area contributed by atoms with Gasteiger partial charge in [-0.05, 0) is 26.0 Å². The maximum Gasteiger partial charge on any atom is 0.229 e. The molecule has 10 nitrogen and oxygen atoms in total. The van der Waals surface area contributed by atoms with Gasteiger partial charge in [-0.2, -0.15) is 9.97 Å². The number of piperazine rings is 1. The first-order valence-electron chi connectivity index (χ1n) is 11.1. The third kappa shape index (κ3) is 4.23. The van der Waals surface area contributed by atoms with Crippen LogP contribution in [0.3, 0.4) is 0 Å². The minimum absolute atomic E-state index is 0.0877. The highest BCUT2D eigenvalue weighted by Crippen LogP contribution is 2.28. The van der Waals surface area contributed by atoms with E-state index in [1.165, 1.54) is 0 Å². The van der Waals surface area contributed by atoms with E-state index >= 15 is 0 Å². The predicted octanol–water partition coefficient (Wildman–Crippen LogP) is 3.87. The molecule has 1 aliphatic rings. The molecule has 0 saturated carbocycles. The first kappa shape index (κ1) is 22.7. The number of nitrogens with zero attached hydrogens (tertiary/aromatic N) is 7. The van der Waals surface area contributed by atoms with Crippen LogP contribution < -0.4 is 10.2 Å². The van der Waals surface area contributed by atoms with Crippen LogP contribution in [0.1, 0.15) is 32.6 Å². The molecule has 4 heterocycles. The van der Waals surface area contributed by atoms with Gasteiger partial charge in [0.05, 0.1) is 34.0 Å². The summed E-state index contributed by atoms with van der Waals surface area (Å²) in [4.78, 5) is 37.7. The van der Waals surface area contributed by atoms with Crippen LogP contribution in [0.5, 0.6) is 0 Å². The minimum atomic E-state index is 0.0877. The molecule has 2 N–H and O–H groups in total. The lowest BCUT2D eigenvalue weighted by molar-refractivity contribution is -0.129. The zero-order valence-corrected chi connectivity index (χ0v) is 20.7. The molecule has 0 aliphatic carbocycles. The molecular weight excluding hydrogens is 477 g/mol. The van der Waals surface area contributed by atoms with Crippen molar-refractivity contribution in [3.05, 3.63) is 34.3 Å². The van der Waals surface area contributed by atoms with Gasteiger partial charge in [0.15, 0.2) is 17.0 Å². The summed E-state index contributed by atoms with van der Waals surface area (Å²) in [6.07, 6.45) is 1.79. The fourth-order valence-electron chi connectivity index (χ4n) is 4.08. The SMILES string of the molecule is CC(=O)N1CCN(c2nc(NCc3nc4cc(Cl)c(Cl)cc4[nH]3)c3ncn(C(C)C)c3n2)CC1. The Morgan fingerprint density at radius 1 is 1.12 bits per heavy atom. The monoisotopic (exact) mass is 501 g/mol. The number of halogens is 2. The van der Waals surface area contributed by atoms with Crippen molar-refractivity contribution in [2.75, 3.05) is 36.4 Å². The summed E-state index contributed by atoms with van der Waals surface area (Å²) in [5.41, 5.74) is 3.01. The van der Waals surface area contributed by atoms with Gasteiger partial charge in [0.25, 0.3) is 0 Å². The number of hydrogen-bond acceptors (Lipinski definition) is 7. The van der Waals surface area contributed by atoms with E-state index in [9.17, 15) is 4.79 Å². The number of aromatic amines is 1. The van der Waals surface area contributed by atoms with E-state index < -0.39 is 0 Å². The molecule has 0 unspecified atom stereocenters. The fourth-order valence-corrected chi connectivity index (χ4v) is 4.40. The van der Waals surface area contributed by atoms with Crippen molar-refractivity contribution in [3.8, 4) is 0 Å². The summed E-state index contributed by atoms with van der Waals surface area (Å²) in [6, 6.07) is 3.70. The van der Waals surface area contributed by atoms with Crippen LogP contribution in [0, 0.1) is 0 Å². The van der Waals surface area contributed by atoms with Gasteiger partial charge < -0.3 is 24.7 Å². The molecule has 1 aromatic carbocycles. The Kier molecular flexibility index (Phi) is 5.95. The number of imidazole rings is 2. The number of carbonyl (C=O) groups excluding carboxylic acids is 1. The highest BCUT2D eigenvalue weighted by atomic mass is 35.5. The normalized spacial score (nSPS) is 14.5. The van der Waals surface area contributed by atoms with Gasteiger partial charge in [0, 0.05) is 39.1 Å². The second kappa shape index (κ2) is 8.92. The molecule has 178 valence electrons. The topological polar surface area (TPSA) is 108 Å². The fraction of sp³-hybridized carbons (Fsp3) is 0.409. The largest absolute Gasteiger partial charge is 0.361 e. The number of nitrogens with one attached hydrogen (secondary N) is 2. The van der Waals surface area contributed by atoms with Gasteiger partial charge in [-0.1, -0.05) is 23.2 Å². The number of aromatic nitrogens is 6. The van der Waals surface area contributed by atoms with Crippen molar-refractivity contribution in [1.29, 1.82) is 0 Å². The average molecular weight is 502 g/mol. The molecule has 5 rings (SSSR count). The summed E-state index contributed by atoms with van der Waals surface area (Å²) in [5.74, 6) is 2.05. The Balaban J connectivity index is 1.45. The number of rotatable bonds is 5. The van der Waals surface area contributed by atoms with Crippen molar-refractivity contribution in [1.82, 2.24) is 34.4 Å². The number of anilines is 2. The van der Waals surface area contributed by atoms with E-state index in [1.54, 1.807) is 25.4 Å². The van der Waals surface area contributed by atoms with Crippen LogP contribution in [0.15, 0.2) is 18.5 Å². The molecule has 0 spiro atoms. The smallest absolute Gasteiger partial charge is 0.229 e. The van der Waals surface area contributed by atoms with Crippen molar-refractivity contribution in [2.45, 2.75) is 33.4 Å². The first-order valence-corrected chi connectivity index (χ1v) is 11.9. The third-order valence-corrected chi connectivity index (χ3v) is 6.69. The number of H-pyrrole nitrogens is 1. The lowest BCUT2D eigenvalue weighted by Gasteiger charge is -2.34. The molecular formula is C22H25Cl2N9O. The molecule has 34 heavy (non-hydrogen) atoms. The van der Waals surface area contributed by atoms with Crippen molar-refractivity contribution in [3.63, 3.8) is 0 Å². The average Bonchev–Trinajstić information content (AvgIpc) is 3.41. The molecule has 4 aromatic rings. The van der Waals surface area contributed by atoms with Crippen molar-refractivity contribution in [2.24, 2.45) is 0 Å². The molecule has 0 radical (unpaired) electrons. The summed E-state index contributed by atoms with van der Waals surface area (Å²) >= 11 is 12.3. The lowest BCUT2D eigenvalue weighted by atomic mass is 10.3. The van der Waals surface area contributed by atoms with E-state index in [0.717, 1.165) is 22.5 Å². The molecule has 0 bridgehead atoms. The number of hydrogen-bond donors (Lipinski definition) is 2. The number of amides is 1. The molecule has 3 aromatic heterocycles. The van der Waals surface area contributed by atoms with Gasteiger partial charge in [0.2, 0.25) is 11.9 Å². The second-order valence-electron chi connectivity index (χ2n) is 8.60. The number of fused-ring (bicyclic) bond motifs is 2. The van der Waals surface area contributed by atoms with Gasteiger partial charge >= 0.3 is 0 Å². The highest BCUT2D eigenvalue weighted by Gasteiger charge is 2.23. The molecule has 1 amide bonds. The Bertz CT molecular complexity index is 1330. The summed E-state index contributed by atoms with van der Waals surface area (Å²) in [7, 11) is 0. The van der Waals surface area contributed by atoms with Gasteiger partial charge in [-0.15, -0.1) is 0 Å². The second-order valence-corrected chi connectivity index (χ2v) is 9.42. The minimum Gasteiger partial charge on any atom is -0.361 e. The van der Waals surface area contributed by atoms with Gasteiger partial charge in [-0.3, -0.25) is 4.79 Å². The van der Waals surface area contributed by atoms with Crippen LogP contribution in [0.2, 0.25) is 10.0 Å². The quantitative estimate of drug-likeness (QED) is 0.427. The molecule has 1 fully saturated rings. The van der Waals surface area contributed by atoms with E-state index in [1.807, 2.05) is 9.47 Å². The number of carbonyl (C=O) groups is 1. The maximum absolute atomic E-state index is 11.7. The van der Waals surface area contributed by atoms with E-state index in [-0.39, 0.29) is 11.9 Å². The number of benzene rings is 1. The highest BCUT2D eigenvalue weighted by molar-refractivity contribution is 6.42. The van der Waals surface area contributed by atoms with Crippen LogP contribution in [0.4, 0.5) is 11.8 Å². The van der Waals surface area contributed by atoms with Gasteiger partial charge in [-0.25, -0.2) is 9.97 Å². The molecule has 1 saturated heterocycles. The van der Waals surface area contributed by atoms with Crippen molar-refractivity contribution < 1.29 is 4.79 Å². The first-order chi connectivity index (χ1) is 16.3. The van der Waals surface area contributed by atoms with E-state index in [4.69, 9.17) is 33.2 Å². The lowest BCUT2D eigenvalue weighted by Crippen LogP contribution is -2.48. The zero-order valence-electron chi connectivity index (χ0n) is 19.1. The standard InChI is InChI=1S/C22H25Cl2N9O/c1-12(2)33-11-26-19-20(25-10-18-27-16-8-14(23)15(24)9-17(16)28-18)29-22(30-21(19)33)32-6-4-31(5-7-32)13(3)34/h8-9,11-12H,4-7,10H2,1-3H3,(H,27,28)(H,25,29,30). The van der Waals surface area contributed by atoms with Gasteiger partial charge in [0.1, 0.15) is 5.82 Å². The Hall–Kier alpha value is -3.11. The van der Waals surface area contributed by atoms with Crippen LogP contribution in [0.25, 0.3) is 22.2 Å². The van der Waals surface area contributed by atoms with Crippen LogP contribution in [-0.4, -0.2) is 66.5 Å². The summed E-state index contributed by atoms with van der Waals surface area (Å²) in [5, 5.41) is 4.31. The van der Waals surface area contributed by atoms with E-state index in [2.05, 4.69) is 39.0 Å². The Labute approximate surface area is 206 Å². The van der Waals surface area contributed by atoms with Crippen molar-refractivity contribution >= 4 is 63.1 Å². The van der Waals surface area contributed by atoms with Crippen LogP contribution >= 0.6 is 23.2 Å². The molecule has 1 aliphatic heterocycles. The van der Waals surface area contributed by atoms with Crippen LogP contribution in [-0.2, 0) is 11.3 Å². The summed E-state index contributed by atoms with van der Waals surface area (Å²) < 4.78 is 2.03.